The van der Waals surface area contributed by atoms with Crippen molar-refractivity contribution in [3.63, 3.8) is 0 Å². The molecule has 1 aromatic carbocycles. The minimum Gasteiger partial charge on any atom is -0.344 e. The molecule has 0 bridgehead atoms. The molecule has 0 unspecified atom stereocenters. The molecular formula is C21H21N5O. The molecule has 0 aliphatic heterocycles. The van der Waals surface area contributed by atoms with Crippen LogP contribution in [-0.2, 0) is 6.54 Å². The molecule has 6 heteroatoms. The number of para-hydroxylation sites is 1. The van der Waals surface area contributed by atoms with Crippen LogP contribution in [0, 0.1) is 0 Å². The lowest BCUT2D eigenvalue weighted by Gasteiger charge is -2.16. The fourth-order valence-corrected chi connectivity index (χ4v) is 3.27. The third-order valence-corrected chi connectivity index (χ3v) is 4.71. The summed E-state index contributed by atoms with van der Waals surface area (Å²) in [6.45, 7) is 2.67. The highest BCUT2D eigenvalue weighted by atomic mass is 16.2. The largest absolute Gasteiger partial charge is 0.344 e. The van der Waals surface area contributed by atoms with Crippen molar-refractivity contribution < 1.29 is 4.79 Å². The van der Waals surface area contributed by atoms with Gasteiger partial charge < -0.3 is 9.88 Å². The van der Waals surface area contributed by atoms with Gasteiger partial charge in [0.25, 0.3) is 5.91 Å². The maximum absolute atomic E-state index is 12.6. The first-order chi connectivity index (χ1) is 13.2. The zero-order valence-electron chi connectivity index (χ0n) is 15.1. The van der Waals surface area contributed by atoms with Gasteiger partial charge in [-0.2, -0.15) is 5.10 Å². The van der Waals surface area contributed by atoms with Crippen molar-refractivity contribution in [3.05, 3.63) is 84.1 Å². The van der Waals surface area contributed by atoms with Crippen LogP contribution in [0.2, 0.25) is 0 Å². The second-order valence-electron chi connectivity index (χ2n) is 6.50. The minimum absolute atomic E-state index is 0.0611. The van der Waals surface area contributed by atoms with Gasteiger partial charge in [-0.3, -0.25) is 14.9 Å². The molecule has 1 amide bonds. The molecular weight excluding hydrogens is 338 g/mol. The summed E-state index contributed by atoms with van der Waals surface area (Å²) >= 11 is 0. The Balaban J connectivity index is 1.48. The maximum atomic E-state index is 12.6. The second kappa shape index (κ2) is 7.45. The van der Waals surface area contributed by atoms with Crippen molar-refractivity contribution in [1.82, 2.24) is 25.1 Å². The summed E-state index contributed by atoms with van der Waals surface area (Å²) in [6, 6.07) is 15.9. The highest BCUT2D eigenvalue weighted by molar-refractivity contribution is 5.92. The fraction of sp³-hybridized carbons (Fsp3) is 0.190. The molecule has 3 aromatic heterocycles. The van der Waals surface area contributed by atoms with Crippen molar-refractivity contribution in [1.29, 1.82) is 0 Å². The normalized spacial score (nSPS) is 12.2. The van der Waals surface area contributed by atoms with Crippen molar-refractivity contribution in [2.24, 2.45) is 0 Å². The van der Waals surface area contributed by atoms with Crippen LogP contribution in [0.5, 0.6) is 0 Å². The molecule has 0 fully saturated rings. The average Bonchev–Trinajstić information content (AvgIpc) is 3.35. The molecule has 0 saturated heterocycles. The van der Waals surface area contributed by atoms with E-state index < -0.39 is 0 Å². The molecule has 4 aromatic rings. The molecule has 0 radical (unpaired) electrons. The third-order valence-electron chi connectivity index (χ3n) is 4.71. The number of benzene rings is 1. The number of carbonyl (C=O) groups excluding carboxylic acids is 1. The Bertz CT molecular complexity index is 1050. The summed E-state index contributed by atoms with van der Waals surface area (Å²) in [5, 5.41) is 11.4. The highest BCUT2D eigenvalue weighted by Crippen LogP contribution is 2.18. The number of nitrogens with one attached hydrogen (secondary N) is 2. The molecule has 0 spiro atoms. The molecule has 4 rings (SSSR count). The Morgan fingerprint density at radius 2 is 2.00 bits per heavy atom. The Morgan fingerprint density at radius 3 is 2.81 bits per heavy atom. The van der Waals surface area contributed by atoms with Crippen LogP contribution < -0.4 is 5.32 Å². The van der Waals surface area contributed by atoms with Crippen LogP contribution in [0.3, 0.4) is 0 Å². The number of H-pyrrole nitrogens is 1. The van der Waals surface area contributed by atoms with E-state index in [0.717, 1.165) is 23.2 Å². The number of pyridine rings is 1. The lowest BCUT2D eigenvalue weighted by molar-refractivity contribution is 0.0930. The van der Waals surface area contributed by atoms with E-state index in [9.17, 15) is 4.79 Å². The number of hydrogen-bond acceptors (Lipinski definition) is 3. The molecule has 0 aliphatic rings. The number of aromatic amines is 1. The Morgan fingerprint density at radius 1 is 1.19 bits per heavy atom. The third kappa shape index (κ3) is 3.60. The molecule has 0 aliphatic carbocycles. The van der Waals surface area contributed by atoms with Crippen molar-refractivity contribution in [2.45, 2.75) is 25.9 Å². The minimum atomic E-state index is -0.182. The zero-order chi connectivity index (χ0) is 18.6. The number of hydrogen-bond donors (Lipinski definition) is 2. The first-order valence-electron chi connectivity index (χ1n) is 9.03. The van der Waals surface area contributed by atoms with E-state index in [4.69, 9.17) is 0 Å². The van der Waals surface area contributed by atoms with E-state index in [1.807, 2.05) is 43.5 Å². The number of carbonyl (C=O) groups is 1. The topological polar surface area (TPSA) is 75.6 Å². The summed E-state index contributed by atoms with van der Waals surface area (Å²) in [4.78, 5) is 16.6. The molecule has 136 valence electrons. The second-order valence-corrected chi connectivity index (χ2v) is 6.50. The molecule has 0 saturated carbocycles. The number of nitrogens with zero attached hydrogens (tertiary/aromatic N) is 3. The Kier molecular flexibility index (Phi) is 4.70. The summed E-state index contributed by atoms with van der Waals surface area (Å²) in [7, 11) is 0. The van der Waals surface area contributed by atoms with Crippen LogP contribution in [0.15, 0.2) is 67.1 Å². The first-order valence-corrected chi connectivity index (χ1v) is 9.03. The summed E-state index contributed by atoms with van der Waals surface area (Å²) in [5.41, 5.74) is 3.48. The molecule has 1 atom stereocenters. The lowest BCUT2D eigenvalue weighted by atomic mass is 10.1. The average molecular weight is 359 g/mol. The summed E-state index contributed by atoms with van der Waals surface area (Å²) in [6.07, 6.45) is 6.31. The molecule has 2 N–H and O–H groups in total. The van der Waals surface area contributed by atoms with Gasteiger partial charge in [-0.25, -0.2) is 0 Å². The van der Waals surface area contributed by atoms with E-state index in [2.05, 4.69) is 43.3 Å². The standard InChI is InChI=1S/C21H21N5O/c1-2-18(15-7-10-22-11-8-15)23-21(27)19-13-17(24-25-19)14-26-12-9-16-5-3-4-6-20(16)26/h3-13,18H,2,14H2,1H3,(H,23,27)(H,24,25)/t18-/m1/s1. The van der Waals surface area contributed by atoms with E-state index in [1.165, 1.54) is 5.39 Å². The van der Waals surface area contributed by atoms with Gasteiger partial charge in [-0.05, 0) is 47.7 Å². The van der Waals surface area contributed by atoms with E-state index in [-0.39, 0.29) is 11.9 Å². The van der Waals surface area contributed by atoms with E-state index in [0.29, 0.717) is 12.2 Å². The molecule has 27 heavy (non-hydrogen) atoms. The van der Waals surface area contributed by atoms with Crippen molar-refractivity contribution in [3.8, 4) is 0 Å². The van der Waals surface area contributed by atoms with Crippen LogP contribution in [0.1, 0.15) is 41.1 Å². The van der Waals surface area contributed by atoms with Gasteiger partial charge in [0, 0.05) is 24.1 Å². The van der Waals surface area contributed by atoms with Crippen molar-refractivity contribution in [2.75, 3.05) is 0 Å². The number of fused-ring (bicyclic) bond motifs is 1. The Hall–Kier alpha value is -3.41. The van der Waals surface area contributed by atoms with Gasteiger partial charge in [0.1, 0.15) is 5.69 Å². The number of rotatable bonds is 6. The SMILES string of the molecule is CC[C@@H](NC(=O)c1cc(Cn2ccc3ccccc32)[nH]n1)c1ccncc1. The van der Waals surface area contributed by atoms with E-state index >= 15 is 0 Å². The molecule has 3 heterocycles. The van der Waals surface area contributed by atoms with Gasteiger partial charge >= 0.3 is 0 Å². The summed E-state index contributed by atoms with van der Waals surface area (Å²) in [5.74, 6) is -0.182. The smallest absolute Gasteiger partial charge is 0.272 e. The predicted molar refractivity (Wildman–Crippen MR) is 104 cm³/mol. The van der Waals surface area contributed by atoms with Crippen LogP contribution in [0.25, 0.3) is 10.9 Å². The van der Waals surface area contributed by atoms with Crippen LogP contribution in [0.4, 0.5) is 0 Å². The Labute approximate surface area is 157 Å². The maximum Gasteiger partial charge on any atom is 0.272 e. The van der Waals surface area contributed by atoms with Gasteiger partial charge in [0.2, 0.25) is 0 Å². The highest BCUT2D eigenvalue weighted by Gasteiger charge is 2.16. The monoisotopic (exact) mass is 359 g/mol. The summed E-state index contributed by atoms with van der Waals surface area (Å²) < 4.78 is 2.14. The van der Waals surface area contributed by atoms with Gasteiger partial charge in [-0.15, -0.1) is 0 Å². The molecule has 6 nitrogen and oxygen atoms in total. The quantitative estimate of drug-likeness (QED) is 0.551. The zero-order valence-corrected chi connectivity index (χ0v) is 15.1. The number of aromatic nitrogens is 4. The van der Waals surface area contributed by atoms with E-state index in [1.54, 1.807) is 12.4 Å². The van der Waals surface area contributed by atoms with Gasteiger partial charge in [0.15, 0.2) is 0 Å². The van der Waals surface area contributed by atoms with Crippen LogP contribution >= 0.6 is 0 Å². The fourth-order valence-electron chi connectivity index (χ4n) is 3.27. The number of amides is 1. The van der Waals surface area contributed by atoms with Gasteiger partial charge in [0.05, 0.1) is 18.3 Å². The predicted octanol–water partition coefficient (Wildman–Crippen LogP) is 3.69. The van der Waals surface area contributed by atoms with Crippen LogP contribution in [-0.4, -0.2) is 25.7 Å². The first kappa shape index (κ1) is 17.0. The van der Waals surface area contributed by atoms with Crippen molar-refractivity contribution >= 4 is 16.8 Å². The lowest BCUT2D eigenvalue weighted by Crippen LogP contribution is -2.28. The van der Waals surface area contributed by atoms with Gasteiger partial charge in [-0.1, -0.05) is 25.1 Å².